The lowest BCUT2D eigenvalue weighted by atomic mass is 9.82. The SMILES string of the molecule is CC(N)c1cccc(Oc2cccc(Cn3cc(B4OC(C)(C)C(C)(C)O4)cn3)c2)c1. The van der Waals surface area contributed by atoms with Crippen LogP contribution in [0.25, 0.3) is 0 Å². The van der Waals surface area contributed by atoms with Gasteiger partial charge in [0.1, 0.15) is 11.5 Å². The predicted octanol–water partition coefficient (Wildman–Crippen LogP) is 4.04. The molecule has 1 unspecified atom stereocenters. The molecular formula is C24H30BN3O3. The van der Waals surface area contributed by atoms with E-state index in [4.69, 9.17) is 19.8 Å². The summed E-state index contributed by atoms with van der Waals surface area (Å²) < 4.78 is 20.2. The molecule has 7 heteroatoms. The van der Waals surface area contributed by atoms with Gasteiger partial charge >= 0.3 is 7.12 Å². The van der Waals surface area contributed by atoms with Crippen molar-refractivity contribution in [3.8, 4) is 11.5 Å². The van der Waals surface area contributed by atoms with Crippen LogP contribution in [-0.4, -0.2) is 28.1 Å². The maximum absolute atomic E-state index is 6.12. The molecule has 1 saturated heterocycles. The minimum atomic E-state index is -0.411. The summed E-state index contributed by atoms with van der Waals surface area (Å²) in [5, 5.41) is 4.50. The van der Waals surface area contributed by atoms with Crippen molar-refractivity contribution < 1.29 is 14.0 Å². The van der Waals surface area contributed by atoms with Crippen molar-refractivity contribution in [3.05, 3.63) is 72.1 Å². The van der Waals surface area contributed by atoms with E-state index in [9.17, 15) is 0 Å². The molecule has 31 heavy (non-hydrogen) atoms. The van der Waals surface area contributed by atoms with E-state index in [1.54, 1.807) is 0 Å². The fourth-order valence-electron chi connectivity index (χ4n) is 3.46. The Morgan fingerprint density at radius 2 is 1.68 bits per heavy atom. The lowest BCUT2D eigenvalue weighted by molar-refractivity contribution is 0.00578. The van der Waals surface area contributed by atoms with Crippen LogP contribution in [0.4, 0.5) is 0 Å². The van der Waals surface area contributed by atoms with E-state index in [2.05, 4.69) is 11.2 Å². The molecule has 1 aromatic heterocycles. The van der Waals surface area contributed by atoms with Gasteiger partial charge in [-0.2, -0.15) is 5.10 Å². The van der Waals surface area contributed by atoms with E-state index in [1.165, 1.54) is 0 Å². The van der Waals surface area contributed by atoms with Gasteiger partial charge in [0.25, 0.3) is 0 Å². The van der Waals surface area contributed by atoms with Gasteiger partial charge in [0, 0.05) is 23.9 Å². The third kappa shape index (κ3) is 4.69. The monoisotopic (exact) mass is 419 g/mol. The molecule has 1 aliphatic rings. The van der Waals surface area contributed by atoms with Crippen molar-refractivity contribution >= 4 is 12.6 Å². The van der Waals surface area contributed by atoms with Crippen molar-refractivity contribution in [1.82, 2.24) is 9.78 Å². The number of nitrogens with two attached hydrogens (primary N) is 1. The summed E-state index contributed by atoms with van der Waals surface area (Å²) in [7, 11) is -0.411. The van der Waals surface area contributed by atoms with E-state index in [-0.39, 0.29) is 17.2 Å². The molecule has 0 amide bonds. The summed E-state index contributed by atoms with van der Waals surface area (Å²) in [5.41, 5.74) is 8.28. The summed E-state index contributed by atoms with van der Waals surface area (Å²) in [4.78, 5) is 0. The Bertz CT molecular complexity index is 1050. The van der Waals surface area contributed by atoms with Gasteiger partial charge in [0.05, 0.1) is 17.7 Å². The minimum absolute atomic E-state index is 0.0344. The Morgan fingerprint density at radius 1 is 1.03 bits per heavy atom. The standard InChI is InChI=1S/C24H30BN3O3/c1-17(26)19-9-7-11-22(13-19)29-21-10-6-8-18(12-21)15-28-16-20(14-27-28)25-30-23(2,3)24(4,5)31-25/h6-14,16-17H,15,26H2,1-5H3. The van der Waals surface area contributed by atoms with E-state index in [1.807, 2.05) is 94.2 Å². The smallest absolute Gasteiger partial charge is 0.457 e. The van der Waals surface area contributed by atoms with Crippen LogP contribution in [0.3, 0.4) is 0 Å². The molecule has 0 spiro atoms. The second-order valence-corrected chi connectivity index (χ2v) is 9.17. The highest BCUT2D eigenvalue weighted by Crippen LogP contribution is 2.36. The fourth-order valence-corrected chi connectivity index (χ4v) is 3.46. The van der Waals surface area contributed by atoms with Gasteiger partial charge in [-0.25, -0.2) is 0 Å². The summed E-state index contributed by atoms with van der Waals surface area (Å²) in [6, 6.07) is 15.8. The predicted molar refractivity (Wildman–Crippen MR) is 123 cm³/mol. The second-order valence-electron chi connectivity index (χ2n) is 9.17. The van der Waals surface area contributed by atoms with Crippen LogP contribution in [0.2, 0.25) is 0 Å². The first-order valence-electron chi connectivity index (χ1n) is 10.6. The van der Waals surface area contributed by atoms with Crippen LogP contribution in [0.1, 0.15) is 51.8 Å². The number of rotatable bonds is 6. The summed E-state index contributed by atoms with van der Waals surface area (Å²) in [6.07, 6.45) is 3.78. The van der Waals surface area contributed by atoms with Gasteiger partial charge < -0.3 is 19.8 Å². The summed E-state index contributed by atoms with van der Waals surface area (Å²) in [6.45, 7) is 10.8. The molecule has 1 atom stereocenters. The Balaban J connectivity index is 1.45. The fraction of sp³-hybridized carbons (Fsp3) is 0.375. The van der Waals surface area contributed by atoms with Gasteiger partial charge in [-0.05, 0) is 70.0 Å². The molecule has 2 N–H and O–H groups in total. The molecule has 1 aliphatic heterocycles. The van der Waals surface area contributed by atoms with E-state index in [0.29, 0.717) is 6.54 Å². The lowest BCUT2D eigenvalue weighted by Gasteiger charge is -2.32. The van der Waals surface area contributed by atoms with Crippen LogP contribution < -0.4 is 15.9 Å². The molecule has 2 heterocycles. The lowest BCUT2D eigenvalue weighted by Crippen LogP contribution is -2.41. The second kappa shape index (κ2) is 8.15. The topological polar surface area (TPSA) is 71.5 Å². The van der Waals surface area contributed by atoms with Crippen molar-refractivity contribution in [2.75, 3.05) is 0 Å². The Morgan fingerprint density at radius 3 is 2.35 bits per heavy atom. The third-order valence-electron chi connectivity index (χ3n) is 6.04. The summed E-state index contributed by atoms with van der Waals surface area (Å²) >= 11 is 0. The molecule has 2 aromatic carbocycles. The number of hydrogen-bond donors (Lipinski definition) is 1. The number of hydrogen-bond acceptors (Lipinski definition) is 5. The normalized spacial score (nSPS) is 18.2. The quantitative estimate of drug-likeness (QED) is 0.611. The number of benzene rings is 2. The number of aromatic nitrogens is 2. The van der Waals surface area contributed by atoms with E-state index < -0.39 is 7.12 Å². The Kier molecular flexibility index (Phi) is 5.68. The molecule has 0 aliphatic carbocycles. The first kappa shape index (κ1) is 21.6. The minimum Gasteiger partial charge on any atom is -0.457 e. The van der Waals surface area contributed by atoms with Crippen molar-refractivity contribution in [1.29, 1.82) is 0 Å². The zero-order chi connectivity index (χ0) is 22.2. The first-order valence-corrected chi connectivity index (χ1v) is 10.6. The number of ether oxygens (including phenoxy) is 1. The van der Waals surface area contributed by atoms with Crippen molar-refractivity contribution in [3.63, 3.8) is 0 Å². The van der Waals surface area contributed by atoms with Crippen LogP contribution in [0.5, 0.6) is 11.5 Å². The largest absolute Gasteiger partial charge is 0.498 e. The summed E-state index contributed by atoms with van der Waals surface area (Å²) in [5.74, 6) is 1.55. The molecule has 0 saturated carbocycles. The molecule has 3 aromatic rings. The number of nitrogens with zero attached hydrogens (tertiary/aromatic N) is 2. The zero-order valence-electron chi connectivity index (χ0n) is 18.8. The van der Waals surface area contributed by atoms with E-state index in [0.717, 1.165) is 28.1 Å². The maximum atomic E-state index is 6.12. The van der Waals surface area contributed by atoms with Crippen LogP contribution in [0.15, 0.2) is 60.9 Å². The highest BCUT2D eigenvalue weighted by atomic mass is 16.7. The van der Waals surface area contributed by atoms with Gasteiger partial charge in [-0.3, -0.25) is 4.68 Å². The van der Waals surface area contributed by atoms with Crippen molar-refractivity contribution in [2.24, 2.45) is 5.73 Å². The molecule has 0 radical (unpaired) electrons. The van der Waals surface area contributed by atoms with Gasteiger partial charge in [-0.15, -0.1) is 0 Å². The zero-order valence-corrected chi connectivity index (χ0v) is 18.8. The molecular weight excluding hydrogens is 389 g/mol. The third-order valence-corrected chi connectivity index (χ3v) is 6.04. The van der Waals surface area contributed by atoms with Crippen LogP contribution in [-0.2, 0) is 15.9 Å². The molecule has 1 fully saturated rings. The molecule has 162 valence electrons. The van der Waals surface area contributed by atoms with Crippen molar-refractivity contribution in [2.45, 2.75) is 58.4 Å². The van der Waals surface area contributed by atoms with Gasteiger partial charge in [-0.1, -0.05) is 24.3 Å². The highest BCUT2D eigenvalue weighted by Gasteiger charge is 2.52. The van der Waals surface area contributed by atoms with Gasteiger partial charge in [0.2, 0.25) is 0 Å². The molecule has 6 nitrogen and oxygen atoms in total. The van der Waals surface area contributed by atoms with Crippen LogP contribution >= 0.6 is 0 Å². The first-order chi connectivity index (χ1) is 14.6. The van der Waals surface area contributed by atoms with Crippen LogP contribution in [0, 0.1) is 0 Å². The Labute approximate surface area is 184 Å². The highest BCUT2D eigenvalue weighted by molar-refractivity contribution is 6.62. The average Bonchev–Trinajstić information content (AvgIpc) is 3.24. The Hall–Kier alpha value is -2.61. The van der Waals surface area contributed by atoms with Gasteiger partial charge in [0.15, 0.2) is 0 Å². The molecule has 4 rings (SSSR count). The van der Waals surface area contributed by atoms with E-state index >= 15 is 0 Å². The average molecular weight is 419 g/mol. The maximum Gasteiger partial charge on any atom is 0.498 e. The molecule has 0 bridgehead atoms.